The predicted octanol–water partition coefficient (Wildman–Crippen LogP) is 1.89. The molecule has 4 rings (SSSR count). The van der Waals surface area contributed by atoms with Crippen LogP contribution < -0.4 is 10.2 Å². The van der Waals surface area contributed by atoms with Gasteiger partial charge in [0.25, 0.3) is 0 Å². The van der Waals surface area contributed by atoms with Gasteiger partial charge in [-0.2, -0.15) is 5.26 Å². The zero-order valence-corrected chi connectivity index (χ0v) is 14.6. The van der Waals surface area contributed by atoms with Crippen molar-refractivity contribution in [2.24, 2.45) is 10.9 Å². The molecule has 3 aliphatic rings. The number of benzene rings is 1. The molecule has 0 aromatic heterocycles. The number of amides is 1. The molecular formula is C19H22FN5O. The monoisotopic (exact) mass is 355 g/mol. The number of nitrogens with one attached hydrogen (secondary N) is 1. The van der Waals surface area contributed by atoms with Crippen molar-refractivity contribution in [1.29, 1.82) is 5.26 Å². The third-order valence-electron chi connectivity index (χ3n) is 5.73. The first-order valence-corrected chi connectivity index (χ1v) is 9.17. The molecule has 1 spiro atoms. The molecule has 1 unspecified atom stereocenters. The van der Waals surface area contributed by atoms with Crippen molar-refractivity contribution in [3.8, 4) is 6.07 Å². The summed E-state index contributed by atoms with van der Waals surface area (Å²) >= 11 is 0. The molecule has 26 heavy (non-hydrogen) atoms. The molecule has 6 nitrogen and oxygen atoms in total. The van der Waals surface area contributed by atoms with Gasteiger partial charge in [-0.25, -0.2) is 9.38 Å². The Morgan fingerprint density at radius 2 is 1.73 bits per heavy atom. The average molecular weight is 355 g/mol. The van der Waals surface area contributed by atoms with E-state index in [9.17, 15) is 14.4 Å². The van der Waals surface area contributed by atoms with Crippen LogP contribution in [0.3, 0.4) is 0 Å². The fourth-order valence-electron chi connectivity index (χ4n) is 4.27. The van der Waals surface area contributed by atoms with E-state index in [1.54, 1.807) is 12.1 Å². The van der Waals surface area contributed by atoms with E-state index < -0.39 is 11.5 Å². The van der Waals surface area contributed by atoms with Crippen LogP contribution in [0.4, 0.5) is 10.1 Å². The number of halogens is 1. The number of piperazine rings is 1. The lowest BCUT2D eigenvalue weighted by atomic mass is 9.82. The van der Waals surface area contributed by atoms with Crippen LogP contribution in [0.2, 0.25) is 0 Å². The molecular weight excluding hydrogens is 333 g/mol. The van der Waals surface area contributed by atoms with Crippen LogP contribution in [0, 0.1) is 23.1 Å². The summed E-state index contributed by atoms with van der Waals surface area (Å²) in [6.07, 6.45) is 3.64. The van der Waals surface area contributed by atoms with Crippen molar-refractivity contribution in [1.82, 2.24) is 10.2 Å². The minimum absolute atomic E-state index is 0.222. The smallest absolute Gasteiger partial charge is 0.246 e. The topological polar surface area (TPSA) is 71.7 Å². The van der Waals surface area contributed by atoms with Crippen LogP contribution in [0.1, 0.15) is 25.7 Å². The molecule has 7 heteroatoms. The fraction of sp³-hybridized carbons (Fsp3) is 0.526. The number of nitrogens with zero attached hydrogens (tertiary/aromatic N) is 4. The first-order chi connectivity index (χ1) is 12.6. The second-order valence-electron chi connectivity index (χ2n) is 7.25. The lowest BCUT2D eigenvalue weighted by molar-refractivity contribution is -0.124. The largest absolute Gasteiger partial charge is 0.368 e. The number of aliphatic imine (C=N–C) groups is 1. The molecule has 1 saturated carbocycles. The number of rotatable bonds is 1. The number of carbonyl (C=O) groups excluding carboxylic acids is 1. The second kappa shape index (κ2) is 6.60. The molecule has 1 N–H and O–H groups in total. The van der Waals surface area contributed by atoms with Crippen LogP contribution >= 0.6 is 0 Å². The second-order valence-corrected chi connectivity index (χ2v) is 7.25. The Labute approximate surface area is 152 Å². The van der Waals surface area contributed by atoms with Gasteiger partial charge in [-0.05, 0) is 37.1 Å². The Hall–Kier alpha value is -2.62. The van der Waals surface area contributed by atoms with Crippen molar-refractivity contribution in [3.63, 3.8) is 0 Å². The highest BCUT2D eigenvalue weighted by Crippen LogP contribution is 2.41. The predicted molar refractivity (Wildman–Crippen MR) is 96.1 cm³/mol. The van der Waals surface area contributed by atoms with Gasteiger partial charge in [0.1, 0.15) is 5.82 Å². The van der Waals surface area contributed by atoms with Gasteiger partial charge in [-0.15, -0.1) is 0 Å². The number of guanidine groups is 1. The Morgan fingerprint density at radius 3 is 2.35 bits per heavy atom. The molecule has 1 aliphatic carbocycles. The highest BCUT2D eigenvalue weighted by Gasteiger charge is 2.49. The van der Waals surface area contributed by atoms with Gasteiger partial charge in [0.2, 0.25) is 11.9 Å². The maximum absolute atomic E-state index is 13.1. The normalized spacial score (nSPS) is 25.0. The van der Waals surface area contributed by atoms with Crippen LogP contribution in [-0.2, 0) is 4.79 Å². The third-order valence-corrected chi connectivity index (χ3v) is 5.73. The van der Waals surface area contributed by atoms with Crippen LogP contribution in [0.25, 0.3) is 0 Å². The fourth-order valence-corrected chi connectivity index (χ4v) is 4.27. The maximum atomic E-state index is 13.1. The standard InChI is InChI=1S/C19H22FN5O/c20-14-3-5-15(6-4-14)24-9-11-25(12-10-24)18-22-17(26)16(13-21)19(23-18)7-1-2-8-19/h3-6,16H,1-2,7-12H2,(H,22,23,26). The summed E-state index contributed by atoms with van der Waals surface area (Å²) in [7, 11) is 0. The molecule has 1 atom stereocenters. The first-order valence-electron chi connectivity index (χ1n) is 9.17. The molecule has 1 aromatic rings. The lowest BCUT2D eigenvalue weighted by Gasteiger charge is -2.41. The quantitative estimate of drug-likeness (QED) is 0.835. The van der Waals surface area contributed by atoms with E-state index in [-0.39, 0.29) is 11.7 Å². The third kappa shape index (κ3) is 2.90. The van der Waals surface area contributed by atoms with Crippen LogP contribution in [-0.4, -0.2) is 48.5 Å². The minimum atomic E-state index is -0.686. The van der Waals surface area contributed by atoms with Gasteiger partial charge in [0, 0.05) is 31.9 Å². The Bertz CT molecular complexity index is 755. The van der Waals surface area contributed by atoms with Gasteiger partial charge in [-0.1, -0.05) is 12.8 Å². The SMILES string of the molecule is N#CC1C(=O)NC(N2CCN(c3ccc(F)cc3)CC2)=NC12CCCC2. The van der Waals surface area contributed by atoms with Crippen LogP contribution in [0.15, 0.2) is 29.3 Å². The summed E-state index contributed by atoms with van der Waals surface area (Å²) in [6, 6.07) is 8.68. The molecule has 1 amide bonds. The Kier molecular flexibility index (Phi) is 4.27. The summed E-state index contributed by atoms with van der Waals surface area (Å²) in [5.74, 6) is -0.530. The summed E-state index contributed by atoms with van der Waals surface area (Å²) in [5.41, 5.74) is 0.457. The molecule has 2 heterocycles. The van der Waals surface area contributed by atoms with E-state index in [4.69, 9.17) is 4.99 Å². The molecule has 0 radical (unpaired) electrons. The van der Waals surface area contributed by atoms with E-state index in [0.29, 0.717) is 5.96 Å². The highest BCUT2D eigenvalue weighted by molar-refractivity contribution is 6.02. The molecule has 2 aliphatic heterocycles. The number of carbonyl (C=O) groups is 1. The van der Waals surface area contributed by atoms with Crippen molar-refractivity contribution in [2.75, 3.05) is 31.1 Å². The summed E-state index contributed by atoms with van der Waals surface area (Å²) in [4.78, 5) is 21.6. The number of hydrogen-bond acceptors (Lipinski definition) is 5. The summed E-state index contributed by atoms with van der Waals surface area (Å²) in [5, 5.41) is 12.3. The lowest BCUT2D eigenvalue weighted by Crippen LogP contribution is -2.59. The molecule has 0 bridgehead atoms. The number of hydrogen-bond donors (Lipinski definition) is 1. The van der Waals surface area contributed by atoms with E-state index >= 15 is 0 Å². The zero-order valence-electron chi connectivity index (χ0n) is 14.6. The van der Waals surface area contributed by atoms with Crippen molar-refractivity contribution in [2.45, 2.75) is 31.2 Å². The van der Waals surface area contributed by atoms with E-state index in [0.717, 1.165) is 57.5 Å². The summed E-state index contributed by atoms with van der Waals surface area (Å²) < 4.78 is 13.1. The highest BCUT2D eigenvalue weighted by atomic mass is 19.1. The first kappa shape index (κ1) is 16.8. The van der Waals surface area contributed by atoms with Gasteiger partial charge in [0.05, 0.1) is 11.6 Å². The molecule has 1 aromatic carbocycles. The Morgan fingerprint density at radius 1 is 1.12 bits per heavy atom. The Balaban J connectivity index is 1.49. The molecule has 1 saturated heterocycles. The van der Waals surface area contributed by atoms with Gasteiger partial charge < -0.3 is 9.80 Å². The minimum Gasteiger partial charge on any atom is -0.368 e. The zero-order chi connectivity index (χ0) is 18.1. The van der Waals surface area contributed by atoms with E-state index in [2.05, 4.69) is 21.2 Å². The number of nitriles is 1. The summed E-state index contributed by atoms with van der Waals surface area (Å²) in [6.45, 7) is 3.00. The van der Waals surface area contributed by atoms with Gasteiger partial charge >= 0.3 is 0 Å². The maximum Gasteiger partial charge on any atom is 0.246 e. The van der Waals surface area contributed by atoms with E-state index in [1.807, 2.05) is 0 Å². The number of anilines is 1. The van der Waals surface area contributed by atoms with Gasteiger partial charge in [-0.3, -0.25) is 10.1 Å². The van der Waals surface area contributed by atoms with Gasteiger partial charge in [0.15, 0.2) is 5.92 Å². The average Bonchev–Trinajstić information content (AvgIpc) is 3.11. The van der Waals surface area contributed by atoms with Crippen molar-refractivity contribution in [3.05, 3.63) is 30.1 Å². The van der Waals surface area contributed by atoms with Crippen molar-refractivity contribution < 1.29 is 9.18 Å². The molecule has 136 valence electrons. The van der Waals surface area contributed by atoms with Crippen LogP contribution in [0.5, 0.6) is 0 Å². The van der Waals surface area contributed by atoms with Crippen molar-refractivity contribution >= 4 is 17.6 Å². The molecule has 2 fully saturated rings. The van der Waals surface area contributed by atoms with E-state index in [1.165, 1.54) is 12.1 Å².